The molecule has 0 amide bonds. The first-order valence-electron chi connectivity index (χ1n) is 14.7. The molecule has 0 aromatic carbocycles. The van der Waals surface area contributed by atoms with Crippen molar-refractivity contribution in [3.63, 3.8) is 0 Å². The predicted molar refractivity (Wildman–Crippen MR) is 144 cm³/mol. The molecule has 0 aromatic rings. The molecular weight excluding hydrogens is 431 g/mol. The molecule has 0 saturated heterocycles. The molecule has 0 aliphatic heterocycles. The fourth-order valence-corrected chi connectivity index (χ4v) is 5.76. The summed E-state index contributed by atoms with van der Waals surface area (Å²) in [5, 5.41) is 0. The van der Waals surface area contributed by atoms with Gasteiger partial charge in [0, 0.05) is 0 Å². The van der Waals surface area contributed by atoms with Crippen LogP contribution in [0.3, 0.4) is 0 Å². The Hall–Kier alpha value is 0.110. The minimum Gasteiger partial charge on any atom is -0.303 e. The minimum absolute atomic E-state index is 0.643. The largest absolute Gasteiger partial charge is 0.470 e. The van der Waals surface area contributed by atoms with E-state index < -0.39 is 13.4 Å². The van der Waals surface area contributed by atoms with Gasteiger partial charge in [0.1, 0.15) is 0 Å². The Balaban J connectivity index is 4.69. The van der Waals surface area contributed by atoms with Gasteiger partial charge in [-0.15, -0.1) is 0 Å². The Kier molecular flexibility index (Phi) is 22.6. The summed E-state index contributed by atoms with van der Waals surface area (Å²) in [5.74, 6) is 0. The lowest BCUT2D eigenvalue weighted by Gasteiger charge is -2.34. The first-order valence-corrected chi connectivity index (χ1v) is 16.2. The summed E-state index contributed by atoms with van der Waals surface area (Å²) in [6.45, 7) is 6.71. The van der Waals surface area contributed by atoms with Crippen LogP contribution in [0.15, 0.2) is 0 Å². The van der Waals surface area contributed by atoms with Gasteiger partial charge in [-0.2, -0.15) is 0 Å². The van der Waals surface area contributed by atoms with Crippen molar-refractivity contribution in [2.24, 2.45) is 0 Å². The molecule has 0 spiro atoms. The topological polar surface area (TPSA) is 66.8 Å². The van der Waals surface area contributed by atoms with Crippen LogP contribution in [0.5, 0.6) is 0 Å². The van der Waals surface area contributed by atoms with Crippen LogP contribution in [0.4, 0.5) is 0 Å². The van der Waals surface area contributed by atoms with Crippen molar-refractivity contribution in [2.75, 3.05) is 0 Å². The van der Waals surface area contributed by atoms with Gasteiger partial charge in [0.25, 0.3) is 0 Å². The Morgan fingerprint density at radius 3 is 0.970 bits per heavy atom. The second kappa shape index (κ2) is 22.6. The zero-order valence-electron chi connectivity index (χ0n) is 22.6. The van der Waals surface area contributed by atoms with Crippen molar-refractivity contribution in [1.82, 2.24) is 0 Å². The number of phosphoric ester groups is 1. The fraction of sp³-hybridized carbons (Fsp3) is 1.00. The third-order valence-electron chi connectivity index (χ3n) is 7.02. The molecule has 0 aliphatic carbocycles. The van der Waals surface area contributed by atoms with Gasteiger partial charge in [-0.25, -0.2) is 4.57 Å². The molecule has 5 heteroatoms. The standard InChI is InChI=1S/C28H59O4P/c1-4-7-10-13-16-17-18-21-24-27-28(32-33(29,30)31,25-22-19-14-11-8-5-2)26-23-20-15-12-9-6-3/h4-27H2,1-3H3,(H2,29,30,31). The van der Waals surface area contributed by atoms with E-state index in [1.807, 2.05) is 0 Å². The molecule has 33 heavy (non-hydrogen) atoms. The van der Waals surface area contributed by atoms with Gasteiger partial charge in [0.05, 0.1) is 5.60 Å². The maximum Gasteiger partial charge on any atom is 0.470 e. The zero-order valence-corrected chi connectivity index (χ0v) is 23.5. The highest BCUT2D eigenvalue weighted by Crippen LogP contribution is 2.47. The third-order valence-corrected chi connectivity index (χ3v) is 7.65. The third kappa shape index (κ3) is 22.3. The molecule has 0 unspecified atom stereocenters. The lowest BCUT2D eigenvalue weighted by molar-refractivity contribution is 0.00534. The average molecular weight is 491 g/mol. The lowest BCUT2D eigenvalue weighted by Crippen LogP contribution is -2.32. The zero-order chi connectivity index (χ0) is 24.7. The maximum atomic E-state index is 11.9. The van der Waals surface area contributed by atoms with Crippen molar-refractivity contribution in [1.29, 1.82) is 0 Å². The molecule has 0 radical (unpaired) electrons. The molecule has 0 atom stereocenters. The summed E-state index contributed by atoms with van der Waals surface area (Å²) >= 11 is 0. The lowest BCUT2D eigenvalue weighted by atomic mass is 9.85. The van der Waals surface area contributed by atoms with Gasteiger partial charge in [-0.1, -0.05) is 156 Å². The van der Waals surface area contributed by atoms with E-state index in [1.165, 1.54) is 96.3 Å². The van der Waals surface area contributed by atoms with Crippen molar-refractivity contribution >= 4 is 7.82 Å². The molecule has 0 aliphatic rings. The maximum absolute atomic E-state index is 11.9. The van der Waals surface area contributed by atoms with E-state index in [1.54, 1.807) is 0 Å². The summed E-state index contributed by atoms with van der Waals surface area (Å²) in [6.07, 6.45) is 28.0. The van der Waals surface area contributed by atoms with E-state index in [9.17, 15) is 14.4 Å². The average Bonchev–Trinajstić information content (AvgIpc) is 2.76. The van der Waals surface area contributed by atoms with E-state index in [-0.39, 0.29) is 0 Å². The second-order valence-corrected chi connectivity index (χ2v) is 11.5. The SMILES string of the molecule is CCCCCCCCCCCC(CCCCCCCC)(CCCCCCCC)OP(=O)(O)O. The first kappa shape index (κ1) is 33.1. The quantitative estimate of drug-likeness (QED) is 0.0934. The van der Waals surface area contributed by atoms with Gasteiger partial charge in [-0.3, -0.25) is 4.52 Å². The molecule has 4 nitrogen and oxygen atoms in total. The van der Waals surface area contributed by atoms with Crippen LogP contribution in [0.1, 0.15) is 175 Å². The minimum atomic E-state index is -4.50. The van der Waals surface area contributed by atoms with Gasteiger partial charge in [-0.05, 0) is 19.3 Å². The smallest absolute Gasteiger partial charge is 0.303 e. The fourth-order valence-electron chi connectivity index (χ4n) is 4.98. The molecule has 0 saturated carbocycles. The van der Waals surface area contributed by atoms with Crippen LogP contribution >= 0.6 is 7.82 Å². The van der Waals surface area contributed by atoms with Crippen molar-refractivity contribution < 1.29 is 18.9 Å². The van der Waals surface area contributed by atoms with Gasteiger partial charge in [0.15, 0.2) is 0 Å². The van der Waals surface area contributed by atoms with Gasteiger partial charge in [0.2, 0.25) is 0 Å². The second-order valence-electron chi connectivity index (χ2n) is 10.4. The van der Waals surface area contributed by atoms with Crippen LogP contribution in [0.25, 0.3) is 0 Å². The van der Waals surface area contributed by atoms with Crippen LogP contribution in [0, 0.1) is 0 Å². The molecule has 200 valence electrons. The highest BCUT2D eigenvalue weighted by Gasteiger charge is 2.36. The summed E-state index contributed by atoms with van der Waals surface area (Å²) < 4.78 is 17.5. The molecule has 0 aromatic heterocycles. The van der Waals surface area contributed by atoms with Crippen LogP contribution < -0.4 is 0 Å². The monoisotopic (exact) mass is 490 g/mol. The van der Waals surface area contributed by atoms with Crippen molar-refractivity contribution in [2.45, 2.75) is 180 Å². The predicted octanol–water partition coefficient (Wildman–Crippen LogP) is 10.3. The number of unbranched alkanes of at least 4 members (excludes halogenated alkanes) is 18. The van der Waals surface area contributed by atoms with E-state index in [2.05, 4.69) is 20.8 Å². The Bertz CT molecular complexity index is 433. The number of hydrogen-bond donors (Lipinski definition) is 2. The summed E-state index contributed by atoms with van der Waals surface area (Å²) in [7, 11) is -4.50. The summed E-state index contributed by atoms with van der Waals surface area (Å²) in [6, 6.07) is 0. The molecule has 0 fully saturated rings. The Morgan fingerprint density at radius 2 is 0.727 bits per heavy atom. The van der Waals surface area contributed by atoms with Crippen molar-refractivity contribution in [3.8, 4) is 0 Å². The highest BCUT2D eigenvalue weighted by atomic mass is 31.2. The van der Waals surface area contributed by atoms with E-state index >= 15 is 0 Å². The van der Waals surface area contributed by atoms with Gasteiger partial charge >= 0.3 is 7.82 Å². The van der Waals surface area contributed by atoms with E-state index in [0.717, 1.165) is 57.8 Å². The first-order chi connectivity index (χ1) is 15.9. The number of hydrogen-bond acceptors (Lipinski definition) is 2. The van der Waals surface area contributed by atoms with E-state index in [4.69, 9.17) is 4.52 Å². The Labute approximate surface area is 207 Å². The molecular formula is C28H59O4P. The molecule has 0 rings (SSSR count). The number of phosphoric acid groups is 1. The molecule has 0 heterocycles. The summed E-state index contributed by atoms with van der Waals surface area (Å²) in [5.41, 5.74) is -0.643. The van der Waals surface area contributed by atoms with Gasteiger partial charge < -0.3 is 9.79 Å². The summed E-state index contributed by atoms with van der Waals surface area (Å²) in [4.78, 5) is 19.5. The molecule has 2 N–H and O–H groups in total. The van der Waals surface area contributed by atoms with Crippen LogP contribution in [-0.2, 0) is 9.09 Å². The number of rotatable bonds is 26. The Morgan fingerprint density at radius 1 is 0.485 bits per heavy atom. The van der Waals surface area contributed by atoms with Crippen molar-refractivity contribution in [3.05, 3.63) is 0 Å². The van der Waals surface area contributed by atoms with E-state index in [0.29, 0.717) is 0 Å². The van der Waals surface area contributed by atoms with Crippen LogP contribution in [0.2, 0.25) is 0 Å². The normalized spacial score (nSPS) is 12.5. The molecule has 0 bridgehead atoms. The highest BCUT2D eigenvalue weighted by molar-refractivity contribution is 7.46. The van der Waals surface area contributed by atoms with Crippen LogP contribution in [-0.4, -0.2) is 15.4 Å².